The molecule has 0 bridgehead atoms. The Hall–Kier alpha value is -1.14. The van der Waals surface area contributed by atoms with Gasteiger partial charge in [0.25, 0.3) is 0 Å². The molecule has 0 aromatic rings. The van der Waals surface area contributed by atoms with Gasteiger partial charge in [0.1, 0.15) is 0 Å². The smallest absolute Gasteiger partial charge is 0.0628 e. The van der Waals surface area contributed by atoms with Crippen LogP contribution in [0.2, 0.25) is 0 Å². The quantitative estimate of drug-likeness (QED) is 0.0377. The van der Waals surface area contributed by atoms with E-state index in [1.807, 2.05) is 0 Å². The maximum atomic E-state index is 13.4. The number of hydrogen-bond donors (Lipinski definition) is 0. The Morgan fingerprint density at radius 3 is 1.11 bits per heavy atom. The van der Waals surface area contributed by atoms with Gasteiger partial charge < -0.3 is 0 Å². The molecular formula is C40H75O6Ti. The van der Waals surface area contributed by atoms with Crippen molar-refractivity contribution in [3.05, 3.63) is 12.2 Å². The zero-order valence-corrected chi connectivity index (χ0v) is 33.2. The van der Waals surface area contributed by atoms with E-state index in [1.165, 1.54) is 122 Å². The molecule has 0 rings (SSSR count). The zero-order valence-electron chi connectivity index (χ0n) is 31.6. The third kappa shape index (κ3) is 29.5. The number of rotatable bonds is 34. The van der Waals surface area contributed by atoms with Crippen LogP contribution in [0.5, 0.6) is 0 Å². The first kappa shape index (κ1) is 45.9. The molecule has 0 fully saturated rings. The summed E-state index contributed by atoms with van der Waals surface area (Å²) in [5.41, 5.74) is 0.0208. The standard InChI is InChI=1S/C18H36O2.C18H35O.C4H6O2.O.Ti/c1-17(2)15-13-11-9-7-5-3-4-6-8-10-12-14-16-18(19)20;1-18(2)16-14-12-10-8-6-4-3-5-7-9-11-13-15-17-19;1-3(2)4(5)6;;/h17H,3-16H2,1-2H3,(H,19,20);18H,3-16H2,1-2H3;1H2,2H3,(H,5,6);;/q;;;;+2/p-2. The fourth-order valence-electron chi connectivity index (χ4n) is 5.89. The number of unbranched alkanes of at least 4 members (excludes halogenated alkanes) is 22. The van der Waals surface area contributed by atoms with Crippen LogP contribution in [0.4, 0.5) is 0 Å². The van der Waals surface area contributed by atoms with E-state index in [2.05, 4.69) is 34.3 Å². The zero-order chi connectivity index (χ0) is 35.2. The summed E-state index contributed by atoms with van der Waals surface area (Å²) in [6, 6.07) is 0. The number of hydrogen-bond acceptors (Lipinski definition) is 6. The predicted octanol–water partition coefficient (Wildman–Crippen LogP) is 12.7. The Labute approximate surface area is 295 Å². The Morgan fingerprint density at radius 1 is 0.489 bits per heavy atom. The summed E-state index contributed by atoms with van der Waals surface area (Å²) in [6.45, 7) is 14.1. The van der Waals surface area contributed by atoms with Gasteiger partial charge in [0.05, 0.1) is 0 Å². The minimum atomic E-state index is -5.53. The van der Waals surface area contributed by atoms with Crippen molar-refractivity contribution < 1.29 is 41.7 Å². The van der Waals surface area contributed by atoms with Crippen molar-refractivity contribution in [3.63, 3.8) is 0 Å². The molecule has 0 radical (unpaired) electrons. The Balaban J connectivity index is 4.12. The van der Waals surface area contributed by atoms with Crippen LogP contribution in [-0.4, -0.2) is 16.0 Å². The van der Waals surface area contributed by atoms with E-state index in [0.29, 0.717) is 12.8 Å². The van der Waals surface area contributed by atoms with Gasteiger partial charge in [-0.1, -0.05) is 72.6 Å². The van der Waals surface area contributed by atoms with Crippen LogP contribution in [0.1, 0.15) is 214 Å². The molecule has 0 aliphatic heterocycles. The first-order valence-corrected chi connectivity index (χ1v) is 22.5. The molecule has 0 saturated carbocycles. The van der Waals surface area contributed by atoms with E-state index in [1.54, 1.807) is 0 Å². The monoisotopic (exact) mass is 700 g/mol. The second-order valence-electron chi connectivity index (χ2n) is 15.0. The Bertz CT molecular complexity index is 865. The van der Waals surface area contributed by atoms with E-state index in [-0.39, 0.29) is 18.4 Å². The molecule has 0 saturated heterocycles. The predicted molar refractivity (Wildman–Crippen MR) is 192 cm³/mol. The van der Waals surface area contributed by atoms with Crippen molar-refractivity contribution in [2.24, 2.45) is 11.8 Å². The molecule has 1 atom stereocenters. The normalized spacial score (nSPS) is 12.7. The summed E-state index contributed by atoms with van der Waals surface area (Å²) in [6.07, 6.45) is 30.9. The SMILES string of the molecule is C=C(C)C(=O)[O][Ti](=[O])([O]C(=O)CCCCCCCCCCCCCCC(C)C)[C](=O)CCCCCCCCCCCCCCC(C)C. The molecule has 0 amide bonds. The van der Waals surface area contributed by atoms with Crippen LogP contribution in [0.15, 0.2) is 12.2 Å². The number of carbonyl (C=O) groups is 3. The van der Waals surface area contributed by atoms with Crippen LogP contribution in [0.25, 0.3) is 0 Å². The van der Waals surface area contributed by atoms with Gasteiger partial charge >= 0.3 is 212 Å². The number of carbonyl (C=O) groups excluding carboxylic acids is 3. The van der Waals surface area contributed by atoms with Gasteiger partial charge in [0.15, 0.2) is 0 Å². The van der Waals surface area contributed by atoms with E-state index < -0.39 is 33.4 Å². The van der Waals surface area contributed by atoms with Crippen molar-refractivity contribution >= 4 is 16.0 Å². The van der Waals surface area contributed by atoms with Crippen molar-refractivity contribution in [2.45, 2.75) is 214 Å². The average Bonchev–Trinajstić information content (AvgIpc) is 3.00. The van der Waals surface area contributed by atoms with E-state index in [0.717, 1.165) is 50.4 Å². The maximum absolute atomic E-state index is 13.4. The van der Waals surface area contributed by atoms with Gasteiger partial charge in [0, 0.05) is 0 Å². The molecule has 0 aromatic carbocycles. The summed E-state index contributed by atoms with van der Waals surface area (Å²) < 4.78 is 22.9. The molecule has 6 nitrogen and oxygen atoms in total. The van der Waals surface area contributed by atoms with Gasteiger partial charge in [-0.15, -0.1) is 0 Å². The molecule has 47 heavy (non-hydrogen) atoms. The third-order valence-corrected chi connectivity index (χ3v) is 12.0. The van der Waals surface area contributed by atoms with E-state index >= 15 is 0 Å². The summed E-state index contributed by atoms with van der Waals surface area (Å²) in [7, 11) is 0. The van der Waals surface area contributed by atoms with Gasteiger partial charge in [0.2, 0.25) is 0 Å². The van der Waals surface area contributed by atoms with Crippen LogP contribution in [0.3, 0.4) is 0 Å². The van der Waals surface area contributed by atoms with E-state index in [9.17, 15) is 17.7 Å². The first-order valence-electron chi connectivity index (χ1n) is 19.8. The van der Waals surface area contributed by atoms with Gasteiger partial charge in [-0.25, -0.2) is 0 Å². The molecule has 0 N–H and O–H groups in total. The van der Waals surface area contributed by atoms with Crippen molar-refractivity contribution in [3.8, 4) is 0 Å². The Kier molecular flexibility index (Phi) is 30.1. The molecular weight excluding hydrogens is 624 g/mol. The van der Waals surface area contributed by atoms with Crippen LogP contribution in [-0.2, 0) is 41.7 Å². The molecule has 0 aromatic heterocycles. The van der Waals surface area contributed by atoms with E-state index in [4.69, 9.17) is 6.64 Å². The molecule has 0 aliphatic rings. The Morgan fingerprint density at radius 2 is 0.787 bits per heavy atom. The van der Waals surface area contributed by atoms with Crippen LogP contribution in [0, 0.1) is 11.8 Å². The molecule has 1 unspecified atom stereocenters. The van der Waals surface area contributed by atoms with Crippen LogP contribution < -0.4 is 0 Å². The minimum absolute atomic E-state index is 0.00477. The second-order valence-corrected chi connectivity index (χ2v) is 18.2. The molecule has 0 heterocycles. The summed E-state index contributed by atoms with van der Waals surface area (Å²) in [5.74, 6) is -0.0276. The van der Waals surface area contributed by atoms with Crippen molar-refractivity contribution in [2.75, 3.05) is 0 Å². The summed E-state index contributed by atoms with van der Waals surface area (Å²) >= 11 is -5.53. The molecule has 0 spiro atoms. The topological polar surface area (TPSA) is 86.7 Å². The molecule has 275 valence electrons. The van der Waals surface area contributed by atoms with Crippen molar-refractivity contribution in [1.82, 2.24) is 0 Å². The van der Waals surface area contributed by atoms with Crippen LogP contribution >= 0.6 is 0 Å². The fraction of sp³-hybridized carbons (Fsp3) is 0.875. The minimum Gasteiger partial charge on any atom is -0.0628 e. The third-order valence-electron chi connectivity index (χ3n) is 9.01. The molecule has 7 heteroatoms. The van der Waals surface area contributed by atoms with Gasteiger partial charge in [-0.3, -0.25) is 0 Å². The van der Waals surface area contributed by atoms with Gasteiger partial charge in [-0.2, -0.15) is 0 Å². The van der Waals surface area contributed by atoms with Crippen molar-refractivity contribution in [1.29, 1.82) is 0 Å². The summed E-state index contributed by atoms with van der Waals surface area (Å²) in [4.78, 5) is 37.6. The second kappa shape index (κ2) is 30.9. The fourth-order valence-corrected chi connectivity index (χ4v) is 8.35. The first-order chi connectivity index (χ1) is 22.5. The summed E-state index contributed by atoms with van der Waals surface area (Å²) in [5, 5.41) is 0. The van der Waals surface area contributed by atoms with Gasteiger partial charge in [-0.05, 0) is 11.8 Å². The average molecular weight is 700 g/mol. The molecule has 0 aliphatic carbocycles.